The molecule has 2 rings (SSSR count). The Hall–Kier alpha value is -1.14. The predicted octanol–water partition coefficient (Wildman–Crippen LogP) is 0.251. The predicted molar refractivity (Wildman–Crippen MR) is 62.1 cm³/mol. The summed E-state index contributed by atoms with van der Waals surface area (Å²) in [6.07, 6.45) is 2.14. The number of hydrogen-bond donors (Lipinski definition) is 2. The van der Waals surface area contributed by atoms with Gasteiger partial charge in [0.25, 0.3) is 0 Å². The fraction of sp³-hybridized carbons (Fsp3) is 0.600. The Morgan fingerprint density at radius 1 is 1.75 bits per heavy atom. The summed E-state index contributed by atoms with van der Waals surface area (Å²) in [4.78, 5) is 17.7. The summed E-state index contributed by atoms with van der Waals surface area (Å²) >= 11 is 1.34. The normalized spacial score (nSPS) is 20.3. The highest BCUT2D eigenvalue weighted by Gasteiger charge is 2.28. The molecule has 0 unspecified atom stereocenters. The minimum atomic E-state index is -0.0107. The number of nitrogens with zero attached hydrogens (tertiary/aromatic N) is 2. The second kappa shape index (κ2) is 4.80. The number of anilines is 1. The van der Waals surface area contributed by atoms with E-state index in [0.717, 1.165) is 25.1 Å². The average Bonchev–Trinajstić information content (AvgIpc) is 2.86. The third-order valence-electron chi connectivity index (χ3n) is 2.81. The van der Waals surface area contributed by atoms with E-state index in [9.17, 15) is 4.79 Å². The lowest BCUT2D eigenvalue weighted by atomic mass is 10.2. The van der Waals surface area contributed by atoms with Gasteiger partial charge in [-0.3, -0.25) is 4.79 Å². The number of nitrogens with two attached hydrogens (primary N) is 1. The molecule has 88 valence electrons. The lowest BCUT2D eigenvalue weighted by Gasteiger charge is -2.22. The van der Waals surface area contributed by atoms with Crippen molar-refractivity contribution in [1.29, 1.82) is 0 Å². The Kier molecular flexibility index (Phi) is 3.40. The van der Waals surface area contributed by atoms with E-state index in [1.807, 2.05) is 0 Å². The van der Waals surface area contributed by atoms with Gasteiger partial charge in [-0.1, -0.05) is 0 Å². The van der Waals surface area contributed by atoms with Crippen LogP contribution in [0.15, 0.2) is 5.38 Å². The van der Waals surface area contributed by atoms with Gasteiger partial charge in [-0.15, -0.1) is 11.3 Å². The fourth-order valence-corrected chi connectivity index (χ4v) is 2.58. The minimum absolute atomic E-state index is 0.0107. The molecule has 1 atom stereocenters. The summed E-state index contributed by atoms with van der Waals surface area (Å²) in [6.45, 7) is 0.786. The van der Waals surface area contributed by atoms with Gasteiger partial charge in [-0.05, 0) is 12.8 Å². The van der Waals surface area contributed by atoms with Crippen LogP contribution in [0.25, 0.3) is 0 Å². The van der Waals surface area contributed by atoms with E-state index >= 15 is 0 Å². The van der Waals surface area contributed by atoms with E-state index in [0.29, 0.717) is 5.13 Å². The Bertz CT molecular complexity index is 380. The number of likely N-dealkylation sites (tertiary alicyclic amines) is 1. The van der Waals surface area contributed by atoms with Crippen molar-refractivity contribution in [3.63, 3.8) is 0 Å². The SMILES string of the molecule is Nc1nc(CC(=O)N2CCC[C@H]2CO)cs1. The summed E-state index contributed by atoms with van der Waals surface area (Å²) in [5.74, 6) is 0.0295. The van der Waals surface area contributed by atoms with Crippen LogP contribution in [0.2, 0.25) is 0 Å². The van der Waals surface area contributed by atoms with Gasteiger partial charge in [0.15, 0.2) is 5.13 Å². The van der Waals surface area contributed by atoms with Crippen molar-refractivity contribution in [2.75, 3.05) is 18.9 Å². The molecule has 0 aliphatic carbocycles. The number of hydrogen-bond acceptors (Lipinski definition) is 5. The van der Waals surface area contributed by atoms with E-state index in [4.69, 9.17) is 10.8 Å². The summed E-state index contributed by atoms with van der Waals surface area (Å²) < 4.78 is 0. The third kappa shape index (κ3) is 2.33. The molecule has 0 spiro atoms. The number of carbonyl (C=O) groups is 1. The maximum Gasteiger partial charge on any atom is 0.228 e. The molecule has 3 N–H and O–H groups in total. The van der Waals surface area contributed by atoms with Crippen LogP contribution in [0.5, 0.6) is 0 Å². The number of thiazole rings is 1. The largest absolute Gasteiger partial charge is 0.394 e. The highest BCUT2D eigenvalue weighted by atomic mass is 32.1. The molecule has 6 heteroatoms. The first-order valence-corrected chi connectivity index (χ1v) is 6.19. The highest BCUT2D eigenvalue weighted by molar-refractivity contribution is 7.13. The second-order valence-corrected chi connectivity index (χ2v) is 4.81. The fourth-order valence-electron chi connectivity index (χ4n) is 2.01. The van der Waals surface area contributed by atoms with Crippen LogP contribution < -0.4 is 5.73 Å². The number of aromatic nitrogens is 1. The van der Waals surface area contributed by atoms with Gasteiger partial charge in [0, 0.05) is 11.9 Å². The first-order chi connectivity index (χ1) is 7.70. The molecule has 2 heterocycles. The number of aliphatic hydroxyl groups excluding tert-OH is 1. The maximum absolute atomic E-state index is 11.9. The van der Waals surface area contributed by atoms with Crippen LogP contribution >= 0.6 is 11.3 Å². The Morgan fingerprint density at radius 2 is 2.56 bits per heavy atom. The maximum atomic E-state index is 11.9. The van der Waals surface area contributed by atoms with Crippen LogP contribution in [0.4, 0.5) is 5.13 Å². The first kappa shape index (κ1) is 11.3. The Labute approximate surface area is 97.9 Å². The summed E-state index contributed by atoms with van der Waals surface area (Å²) in [7, 11) is 0. The molecule has 5 nitrogen and oxygen atoms in total. The zero-order valence-corrected chi connectivity index (χ0v) is 9.74. The van der Waals surface area contributed by atoms with Crippen LogP contribution in [0, 0.1) is 0 Å². The standard InChI is InChI=1S/C10H15N3O2S/c11-10-12-7(6-16-10)4-9(15)13-3-1-2-8(13)5-14/h6,8,14H,1-5H2,(H2,11,12)/t8-/m0/s1. The Balaban J connectivity index is 1.97. The van der Waals surface area contributed by atoms with Crippen molar-refractivity contribution in [1.82, 2.24) is 9.88 Å². The summed E-state index contributed by atoms with van der Waals surface area (Å²) in [5.41, 5.74) is 6.22. The molecule has 16 heavy (non-hydrogen) atoms. The van der Waals surface area contributed by atoms with Crippen molar-refractivity contribution in [3.8, 4) is 0 Å². The van der Waals surface area contributed by atoms with Crippen molar-refractivity contribution in [2.45, 2.75) is 25.3 Å². The van der Waals surface area contributed by atoms with Crippen LogP contribution in [0.3, 0.4) is 0 Å². The van der Waals surface area contributed by atoms with Gasteiger partial charge in [0.05, 0.1) is 24.8 Å². The van der Waals surface area contributed by atoms with Crippen LogP contribution in [-0.2, 0) is 11.2 Å². The van der Waals surface area contributed by atoms with Gasteiger partial charge in [-0.25, -0.2) is 4.98 Å². The molecule has 0 saturated carbocycles. The molecule has 1 fully saturated rings. The monoisotopic (exact) mass is 241 g/mol. The number of nitrogen functional groups attached to an aromatic ring is 1. The van der Waals surface area contributed by atoms with Gasteiger partial charge < -0.3 is 15.7 Å². The van der Waals surface area contributed by atoms with E-state index in [-0.39, 0.29) is 25.0 Å². The van der Waals surface area contributed by atoms with Crippen molar-refractivity contribution < 1.29 is 9.90 Å². The van der Waals surface area contributed by atoms with E-state index in [2.05, 4.69) is 4.98 Å². The molecule has 1 amide bonds. The van der Waals surface area contributed by atoms with Crippen molar-refractivity contribution in [2.24, 2.45) is 0 Å². The van der Waals surface area contributed by atoms with E-state index < -0.39 is 0 Å². The van der Waals surface area contributed by atoms with Gasteiger partial charge in [0.1, 0.15) is 0 Å². The molecule has 1 aliphatic heterocycles. The smallest absolute Gasteiger partial charge is 0.228 e. The second-order valence-electron chi connectivity index (χ2n) is 3.92. The minimum Gasteiger partial charge on any atom is -0.394 e. The van der Waals surface area contributed by atoms with Gasteiger partial charge in [0.2, 0.25) is 5.91 Å². The molecule has 0 radical (unpaired) electrons. The molecular weight excluding hydrogens is 226 g/mol. The molecule has 1 aromatic heterocycles. The lowest BCUT2D eigenvalue weighted by Crippen LogP contribution is -2.38. The van der Waals surface area contributed by atoms with Gasteiger partial charge in [-0.2, -0.15) is 0 Å². The lowest BCUT2D eigenvalue weighted by molar-refractivity contribution is -0.132. The molecule has 0 aromatic carbocycles. The van der Waals surface area contributed by atoms with Crippen molar-refractivity contribution >= 4 is 22.4 Å². The van der Waals surface area contributed by atoms with E-state index in [1.54, 1.807) is 10.3 Å². The molecule has 0 bridgehead atoms. The molecular formula is C10H15N3O2S. The zero-order chi connectivity index (χ0) is 11.5. The van der Waals surface area contributed by atoms with Crippen LogP contribution in [-0.4, -0.2) is 40.1 Å². The number of rotatable bonds is 3. The number of amides is 1. The molecule has 1 saturated heterocycles. The zero-order valence-electron chi connectivity index (χ0n) is 8.93. The summed E-state index contributed by atoms with van der Waals surface area (Å²) in [5, 5.41) is 11.4. The number of carbonyl (C=O) groups excluding carboxylic acids is 1. The van der Waals surface area contributed by atoms with E-state index in [1.165, 1.54) is 11.3 Å². The van der Waals surface area contributed by atoms with Crippen LogP contribution in [0.1, 0.15) is 18.5 Å². The molecule has 1 aromatic rings. The third-order valence-corrected chi connectivity index (χ3v) is 3.53. The topological polar surface area (TPSA) is 79.5 Å². The highest BCUT2D eigenvalue weighted by Crippen LogP contribution is 2.19. The quantitative estimate of drug-likeness (QED) is 0.795. The Morgan fingerprint density at radius 3 is 3.19 bits per heavy atom. The first-order valence-electron chi connectivity index (χ1n) is 5.31. The van der Waals surface area contributed by atoms with Crippen molar-refractivity contribution in [3.05, 3.63) is 11.1 Å². The average molecular weight is 241 g/mol. The summed E-state index contributed by atoms with van der Waals surface area (Å²) in [6, 6.07) is -0.0107. The number of aliphatic hydroxyl groups is 1. The van der Waals surface area contributed by atoms with Gasteiger partial charge >= 0.3 is 0 Å². The molecule has 1 aliphatic rings.